The summed E-state index contributed by atoms with van der Waals surface area (Å²) in [6, 6.07) is 9.45. The number of likely N-dealkylation sites (tertiary alicyclic amines) is 1. The van der Waals surface area contributed by atoms with Crippen molar-refractivity contribution in [1.29, 1.82) is 0 Å². The number of hydrogen-bond donors (Lipinski definition) is 1. The molecule has 2 N–H and O–H groups in total. The lowest BCUT2D eigenvalue weighted by molar-refractivity contribution is -0.120. The van der Waals surface area contributed by atoms with Crippen molar-refractivity contribution >= 4 is 23.4 Å². The molecule has 0 aliphatic carbocycles. The third-order valence-electron chi connectivity index (χ3n) is 4.82. The second-order valence-corrected chi connectivity index (χ2v) is 7.44. The number of piperidine rings is 1. The van der Waals surface area contributed by atoms with Crippen molar-refractivity contribution < 1.29 is 14.3 Å². The predicted molar refractivity (Wildman–Crippen MR) is 106 cm³/mol. The van der Waals surface area contributed by atoms with Crippen molar-refractivity contribution in [3.63, 3.8) is 0 Å². The molecule has 2 atom stereocenters. The van der Waals surface area contributed by atoms with Crippen LogP contribution < -0.4 is 10.5 Å². The van der Waals surface area contributed by atoms with Gasteiger partial charge in [-0.3, -0.25) is 14.3 Å². The molecule has 0 spiro atoms. The van der Waals surface area contributed by atoms with E-state index in [0.29, 0.717) is 31.1 Å². The first kappa shape index (κ1) is 20.2. The van der Waals surface area contributed by atoms with Crippen LogP contribution in [0.4, 0.5) is 0 Å². The average molecular weight is 405 g/mol. The Hall–Kier alpha value is -2.54. The zero-order chi connectivity index (χ0) is 20.1. The minimum atomic E-state index is -0.411. The van der Waals surface area contributed by atoms with Crippen molar-refractivity contribution in [3.05, 3.63) is 47.2 Å². The first-order valence-corrected chi connectivity index (χ1v) is 9.88. The Bertz CT molecular complexity index is 824. The summed E-state index contributed by atoms with van der Waals surface area (Å²) in [7, 11) is 0. The van der Waals surface area contributed by atoms with E-state index in [4.69, 9.17) is 22.1 Å². The highest BCUT2D eigenvalue weighted by atomic mass is 35.5. The molecule has 3 rings (SSSR count). The van der Waals surface area contributed by atoms with E-state index in [1.165, 1.54) is 0 Å². The van der Waals surface area contributed by atoms with Gasteiger partial charge in [0, 0.05) is 44.6 Å². The van der Waals surface area contributed by atoms with Crippen molar-refractivity contribution in [1.82, 2.24) is 14.7 Å². The van der Waals surface area contributed by atoms with Gasteiger partial charge in [-0.25, -0.2) is 0 Å². The summed E-state index contributed by atoms with van der Waals surface area (Å²) in [6.45, 7) is 3.60. The van der Waals surface area contributed by atoms with Crippen molar-refractivity contribution in [2.24, 2.45) is 11.7 Å². The molecule has 28 heavy (non-hydrogen) atoms. The Morgan fingerprint density at radius 2 is 2.07 bits per heavy atom. The van der Waals surface area contributed by atoms with Crippen LogP contribution in [0.1, 0.15) is 36.7 Å². The summed E-state index contributed by atoms with van der Waals surface area (Å²) in [5, 5.41) is 4.66. The number of nitrogens with two attached hydrogens (primary N) is 1. The van der Waals surface area contributed by atoms with Crippen molar-refractivity contribution in [2.45, 2.75) is 38.8 Å². The summed E-state index contributed by atoms with van der Waals surface area (Å²) < 4.78 is 7.75. The van der Waals surface area contributed by atoms with Crippen LogP contribution in [0.25, 0.3) is 0 Å². The average Bonchev–Trinajstić information content (AvgIpc) is 3.03. The molecular weight excluding hydrogens is 380 g/mol. The first-order valence-electron chi connectivity index (χ1n) is 9.50. The quantitative estimate of drug-likeness (QED) is 0.768. The molecule has 2 amide bonds. The molecule has 0 saturated carbocycles. The normalized spacial score (nSPS) is 19.4. The number of rotatable bonds is 7. The van der Waals surface area contributed by atoms with Gasteiger partial charge in [-0.1, -0.05) is 36.7 Å². The molecule has 150 valence electrons. The van der Waals surface area contributed by atoms with E-state index in [2.05, 4.69) is 5.10 Å². The van der Waals surface area contributed by atoms with Crippen LogP contribution in [0, 0.1) is 5.92 Å². The molecule has 1 saturated heterocycles. The SMILES string of the molecule is CCCn1cc(Cl)c(C(=O)N2CC[C@H](Oc3ccccc3)[C@@H](CC(N)=O)C2)n1. The van der Waals surface area contributed by atoms with Gasteiger partial charge < -0.3 is 15.4 Å². The van der Waals surface area contributed by atoms with Gasteiger partial charge in [0.2, 0.25) is 5.91 Å². The number of carbonyl (C=O) groups is 2. The van der Waals surface area contributed by atoms with Crippen LogP contribution >= 0.6 is 11.6 Å². The van der Waals surface area contributed by atoms with E-state index < -0.39 is 5.91 Å². The fourth-order valence-corrected chi connectivity index (χ4v) is 3.75. The second kappa shape index (κ2) is 9.10. The van der Waals surface area contributed by atoms with E-state index in [1.807, 2.05) is 37.3 Å². The first-order chi connectivity index (χ1) is 13.5. The number of primary amides is 1. The highest BCUT2D eigenvalue weighted by molar-refractivity contribution is 6.33. The number of aromatic nitrogens is 2. The third kappa shape index (κ3) is 4.84. The van der Waals surface area contributed by atoms with Gasteiger partial charge in [0.1, 0.15) is 11.9 Å². The minimum absolute atomic E-state index is 0.152. The summed E-state index contributed by atoms with van der Waals surface area (Å²) >= 11 is 6.22. The summed E-state index contributed by atoms with van der Waals surface area (Å²) in [5.41, 5.74) is 5.68. The number of carbonyl (C=O) groups excluding carboxylic acids is 2. The zero-order valence-electron chi connectivity index (χ0n) is 15.9. The van der Waals surface area contributed by atoms with Crippen LogP contribution in [0.3, 0.4) is 0 Å². The summed E-state index contributed by atoms with van der Waals surface area (Å²) in [5.74, 6) is -0.0892. The Morgan fingerprint density at radius 3 is 2.75 bits per heavy atom. The number of aryl methyl sites for hydroxylation is 1. The van der Waals surface area contributed by atoms with Crippen molar-refractivity contribution in [2.75, 3.05) is 13.1 Å². The summed E-state index contributed by atoms with van der Waals surface area (Å²) in [4.78, 5) is 26.2. The number of nitrogens with zero attached hydrogens (tertiary/aromatic N) is 3. The van der Waals surface area contributed by atoms with E-state index in [0.717, 1.165) is 12.2 Å². The van der Waals surface area contributed by atoms with Crippen LogP contribution in [-0.2, 0) is 11.3 Å². The molecule has 0 unspecified atom stereocenters. The Labute approximate surface area is 169 Å². The maximum absolute atomic E-state index is 12.9. The molecule has 1 fully saturated rings. The molecule has 7 nitrogen and oxygen atoms in total. The fourth-order valence-electron chi connectivity index (χ4n) is 3.51. The van der Waals surface area contributed by atoms with Crippen LogP contribution in [0.5, 0.6) is 5.75 Å². The molecule has 1 aromatic heterocycles. The Morgan fingerprint density at radius 1 is 1.32 bits per heavy atom. The Balaban J connectivity index is 1.72. The molecule has 8 heteroatoms. The monoisotopic (exact) mass is 404 g/mol. The lowest BCUT2D eigenvalue weighted by Crippen LogP contribution is -2.49. The van der Waals surface area contributed by atoms with E-state index in [1.54, 1.807) is 15.8 Å². The number of benzene rings is 1. The maximum atomic E-state index is 12.9. The molecule has 0 bridgehead atoms. The molecule has 1 aromatic carbocycles. The molecule has 2 heterocycles. The van der Waals surface area contributed by atoms with E-state index >= 15 is 0 Å². The van der Waals surface area contributed by atoms with Gasteiger partial charge >= 0.3 is 0 Å². The van der Waals surface area contributed by atoms with E-state index in [9.17, 15) is 9.59 Å². The largest absolute Gasteiger partial charge is 0.490 e. The lowest BCUT2D eigenvalue weighted by Gasteiger charge is -2.38. The smallest absolute Gasteiger partial charge is 0.275 e. The third-order valence-corrected chi connectivity index (χ3v) is 5.09. The number of ether oxygens (including phenoxy) is 1. The predicted octanol–water partition coefficient (Wildman–Crippen LogP) is 2.73. The minimum Gasteiger partial charge on any atom is -0.490 e. The molecule has 1 aliphatic heterocycles. The van der Waals surface area contributed by atoms with Crippen LogP contribution in [0.15, 0.2) is 36.5 Å². The highest BCUT2D eigenvalue weighted by Crippen LogP contribution is 2.27. The van der Waals surface area contributed by atoms with Gasteiger partial charge in [-0.15, -0.1) is 0 Å². The fraction of sp³-hybridized carbons (Fsp3) is 0.450. The summed E-state index contributed by atoms with van der Waals surface area (Å²) in [6.07, 6.45) is 3.14. The number of hydrogen-bond acceptors (Lipinski definition) is 4. The zero-order valence-corrected chi connectivity index (χ0v) is 16.6. The molecular formula is C20H25ClN4O3. The molecule has 1 aliphatic rings. The van der Waals surface area contributed by atoms with Gasteiger partial charge in [0.05, 0.1) is 5.02 Å². The van der Waals surface area contributed by atoms with Crippen LogP contribution in [-0.4, -0.2) is 45.7 Å². The van der Waals surface area contributed by atoms with Gasteiger partial charge in [0.25, 0.3) is 5.91 Å². The molecule has 0 radical (unpaired) electrons. The second-order valence-electron chi connectivity index (χ2n) is 7.03. The number of amides is 2. The number of halogens is 1. The van der Waals surface area contributed by atoms with Gasteiger partial charge in [-0.05, 0) is 18.6 Å². The van der Waals surface area contributed by atoms with E-state index in [-0.39, 0.29) is 30.0 Å². The molecule has 2 aromatic rings. The van der Waals surface area contributed by atoms with Crippen molar-refractivity contribution in [3.8, 4) is 5.75 Å². The topological polar surface area (TPSA) is 90.5 Å². The standard InChI is InChI=1S/C20H25ClN4O3/c1-2-9-25-13-16(21)19(23-25)20(27)24-10-8-17(14(12-24)11-18(22)26)28-15-6-4-3-5-7-15/h3-7,13-14,17H,2,8-12H2,1H3,(H2,22,26)/t14-,17-/m0/s1. The van der Waals surface area contributed by atoms with Gasteiger partial charge in [0.15, 0.2) is 5.69 Å². The maximum Gasteiger partial charge on any atom is 0.275 e. The van der Waals surface area contributed by atoms with Crippen LogP contribution in [0.2, 0.25) is 5.02 Å². The lowest BCUT2D eigenvalue weighted by atomic mass is 9.91. The van der Waals surface area contributed by atoms with Gasteiger partial charge in [-0.2, -0.15) is 5.10 Å². The number of para-hydroxylation sites is 1. The highest BCUT2D eigenvalue weighted by Gasteiger charge is 2.35. The Kier molecular flexibility index (Phi) is 6.57.